The van der Waals surface area contributed by atoms with Crippen LogP contribution in [0.1, 0.15) is 41.4 Å². The van der Waals surface area contributed by atoms with Gasteiger partial charge in [0, 0.05) is 33.8 Å². The maximum Gasteiger partial charge on any atom is 0.264 e. The van der Waals surface area contributed by atoms with Crippen molar-refractivity contribution >= 4 is 38.4 Å². The van der Waals surface area contributed by atoms with Crippen molar-refractivity contribution in [3.63, 3.8) is 0 Å². The minimum atomic E-state index is -0.205. The molecule has 0 unspecified atom stereocenters. The molecule has 2 aliphatic rings. The van der Waals surface area contributed by atoms with E-state index in [1.165, 1.54) is 5.56 Å². The second kappa shape index (κ2) is 5.80. The summed E-state index contributed by atoms with van der Waals surface area (Å²) in [4.78, 5) is 28.4. The number of amides is 1. The molecular weight excluding hydrogens is 404 g/mol. The first-order valence-electron chi connectivity index (χ1n) is 9.24. The third kappa shape index (κ3) is 2.34. The molecule has 1 amide bonds. The van der Waals surface area contributed by atoms with Crippen LogP contribution in [-0.4, -0.2) is 16.5 Å². The van der Waals surface area contributed by atoms with Gasteiger partial charge in [0.05, 0.1) is 5.52 Å². The zero-order valence-corrected chi connectivity index (χ0v) is 16.8. The van der Waals surface area contributed by atoms with Crippen molar-refractivity contribution in [1.29, 1.82) is 0 Å². The maximum atomic E-state index is 13.5. The second-order valence-corrected chi connectivity index (χ2v) is 8.56. The molecule has 0 aliphatic carbocycles. The van der Waals surface area contributed by atoms with Gasteiger partial charge in [-0.05, 0) is 62.1 Å². The van der Waals surface area contributed by atoms with E-state index < -0.39 is 0 Å². The smallest absolute Gasteiger partial charge is 0.264 e. The number of aromatic nitrogens is 1. The molecule has 5 rings (SSSR count). The first-order chi connectivity index (χ1) is 13.0. The van der Waals surface area contributed by atoms with Gasteiger partial charge >= 0.3 is 0 Å². The summed E-state index contributed by atoms with van der Waals surface area (Å²) in [6.07, 6.45) is 3.46. The minimum absolute atomic E-state index is 0.0271. The molecule has 1 aromatic heterocycles. The third-order valence-electron chi connectivity index (χ3n) is 5.83. The van der Waals surface area contributed by atoms with E-state index in [2.05, 4.69) is 39.6 Å². The van der Waals surface area contributed by atoms with Crippen LogP contribution in [0.5, 0.6) is 0 Å². The Bertz CT molecular complexity index is 1180. The van der Waals surface area contributed by atoms with Gasteiger partial charge in [0.1, 0.15) is 5.56 Å². The number of fused-ring (bicyclic) bond motifs is 1. The summed E-state index contributed by atoms with van der Waals surface area (Å²) in [7, 11) is 0. The summed E-state index contributed by atoms with van der Waals surface area (Å²) in [5.41, 5.74) is 4.28. The van der Waals surface area contributed by atoms with Gasteiger partial charge in [-0.3, -0.25) is 9.59 Å². The number of carbonyl (C=O) groups is 1. The lowest BCUT2D eigenvalue weighted by molar-refractivity contribution is 0.0980. The van der Waals surface area contributed by atoms with Crippen molar-refractivity contribution in [2.45, 2.75) is 38.8 Å². The van der Waals surface area contributed by atoms with Crippen LogP contribution in [0.3, 0.4) is 0 Å². The summed E-state index contributed by atoms with van der Waals surface area (Å²) in [5.74, 6) is -0.205. The van der Waals surface area contributed by atoms with E-state index in [-0.39, 0.29) is 29.0 Å². The van der Waals surface area contributed by atoms with Gasteiger partial charge < -0.3 is 9.47 Å². The van der Waals surface area contributed by atoms with E-state index in [9.17, 15) is 9.59 Å². The van der Waals surface area contributed by atoms with Crippen LogP contribution in [0.2, 0.25) is 0 Å². The van der Waals surface area contributed by atoms with Crippen LogP contribution in [0, 0.1) is 0 Å². The van der Waals surface area contributed by atoms with Crippen molar-refractivity contribution < 1.29 is 4.79 Å². The molecule has 2 aromatic carbocycles. The van der Waals surface area contributed by atoms with Gasteiger partial charge in [0.2, 0.25) is 5.43 Å². The molecule has 0 radical (unpaired) electrons. The molecule has 0 N–H and O–H groups in total. The van der Waals surface area contributed by atoms with Gasteiger partial charge in [0.25, 0.3) is 5.91 Å². The fourth-order valence-electron chi connectivity index (χ4n) is 4.61. The normalized spacial score (nSPS) is 20.3. The van der Waals surface area contributed by atoms with Gasteiger partial charge in [-0.15, -0.1) is 0 Å². The Balaban J connectivity index is 1.69. The Labute approximate surface area is 165 Å². The molecule has 4 nitrogen and oxygen atoms in total. The zero-order valence-electron chi connectivity index (χ0n) is 15.2. The number of pyridine rings is 1. The monoisotopic (exact) mass is 422 g/mol. The number of rotatable bonds is 1. The molecule has 0 spiro atoms. The molecule has 3 aromatic rings. The van der Waals surface area contributed by atoms with E-state index in [0.717, 1.165) is 34.1 Å². The van der Waals surface area contributed by atoms with Crippen LogP contribution < -0.4 is 10.3 Å². The molecule has 2 aliphatic heterocycles. The predicted octanol–water partition coefficient (Wildman–Crippen LogP) is 4.47. The van der Waals surface area contributed by atoms with Crippen LogP contribution in [-0.2, 0) is 12.8 Å². The Morgan fingerprint density at radius 3 is 2.67 bits per heavy atom. The summed E-state index contributed by atoms with van der Waals surface area (Å²) in [6.45, 7) is 4.16. The topological polar surface area (TPSA) is 42.3 Å². The molecule has 0 saturated heterocycles. The molecule has 2 atom stereocenters. The van der Waals surface area contributed by atoms with Crippen LogP contribution in [0.15, 0.2) is 51.9 Å². The summed E-state index contributed by atoms with van der Waals surface area (Å²) in [6, 6.07) is 12.1. The lowest BCUT2D eigenvalue weighted by atomic mass is 10.1. The van der Waals surface area contributed by atoms with E-state index in [1.807, 2.05) is 31.2 Å². The SMILES string of the molecule is C[C@@H]1Cc2cc(Br)ccc2N1C(=O)c1cn2c3c(cccc3c1=O)C[C@@H]2C. The lowest BCUT2D eigenvalue weighted by Crippen LogP contribution is -2.38. The number of carbonyl (C=O) groups excluding carboxylic acids is 1. The highest BCUT2D eigenvalue weighted by Gasteiger charge is 2.34. The van der Waals surface area contributed by atoms with E-state index >= 15 is 0 Å². The van der Waals surface area contributed by atoms with E-state index in [1.54, 1.807) is 11.1 Å². The highest BCUT2D eigenvalue weighted by atomic mass is 79.9. The molecule has 0 bridgehead atoms. The van der Waals surface area contributed by atoms with Crippen molar-refractivity contribution in [3.8, 4) is 0 Å². The summed E-state index contributed by atoms with van der Waals surface area (Å²) < 4.78 is 3.10. The standard InChI is InChI=1S/C22H19BrN2O2/c1-12-8-14-4-3-5-17-20(14)24(12)11-18(21(17)26)22(27)25-13(2)9-15-10-16(23)6-7-19(15)25/h3-7,10-13H,8-9H2,1-2H3/t12-,13+/m0/s1. The first-order valence-corrected chi connectivity index (χ1v) is 10.0. The van der Waals surface area contributed by atoms with Crippen molar-refractivity contribution in [2.24, 2.45) is 0 Å². The summed E-state index contributed by atoms with van der Waals surface area (Å²) >= 11 is 3.50. The molecule has 3 heterocycles. The third-order valence-corrected chi connectivity index (χ3v) is 6.33. The van der Waals surface area contributed by atoms with Gasteiger partial charge in [0.15, 0.2) is 0 Å². The lowest BCUT2D eigenvalue weighted by Gasteiger charge is -2.23. The number of para-hydroxylation sites is 1. The average Bonchev–Trinajstić information content (AvgIpc) is 3.13. The number of hydrogen-bond acceptors (Lipinski definition) is 2. The average molecular weight is 423 g/mol. The Morgan fingerprint density at radius 1 is 1.07 bits per heavy atom. The van der Waals surface area contributed by atoms with Crippen LogP contribution in [0.25, 0.3) is 10.9 Å². The molecule has 27 heavy (non-hydrogen) atoms. The van der Waals surface area contributed by atoms with Gasteiger partial charge in [-0.25, -0.2) is 0 Å². The zero-order chi connectivity index (χ0) is 18.9. The number of benzene rings is 2. The minimum Gasteiger partial charge on any atom is -0.343 e. The van der Waals surface area contributed by atoms with Crippen molar-refractivity contribution in [2.75, 3.05) is 4.90 Å². The fourth-order valence-corrected chi connectivity index (χ4v) is 5.02. The highest BCUT2D eigenvalue weighted by molar-refractivity contribution is 9.10. The maximum absolute atomic E-state index is 13.5. The summed E-state index contributed by atoms with van der Waals surface area (Å²) in [5, 5.41) is 0.644. The largest absolute Gasteiger partial charge is 0.343 e. The van der Waals surface area contributed by atoms with Gasteiger partial charge in [-0.2, -0.15) is 0 Å². The molecule has 5 heteroatoms. The molecular formula is C22H19BrN2O2. The first kappa shape index (κ1) is 16.8. The van der Waals surface area contributed by atoms with Crippen molar-refractivity contribution in [3.05, 3.63) is 74.0 Å². The van der Waals surface area contributed by atoms with E-state index in [4.69, 9.17) is 0 Å². The van der Waals surface area contributed by atoms with Crippen molar-refractivity contribution in [1.82, 2.24) is 4.57 Å². The quantitative estimate of drug-likeness (QED) is 0.580. The Morgan fingerprint density at radius 2 is 1.85 bits per heavy atom. The molecule has 136 valence electrons. The number of halogens is 1. The van der Waals surface area contributed by atoms with Crippen LogP contribution >= 0.6 is 15.9 Å². The highest BCUT2D eigenvalue weighted by Crippen LogP contribution is 2.36. The Kier molecular flexibility index (Phi) is 3.60. The van der Waals surface area contributed by atoms with Gasteiger partial charge in [-0.1, -0.05) is 28.1 Å². The number of hydrogen-bond donors (Lipinski definition) is 0. The predicted molar refractivity (Wildman–Crippen MR) is 111 cm³/mol. The number of anilines is 1. The van der Waals surface area contributed by atoms with E-state index in [0.29, 0.717) is 5.39 Å². The Hall–Kier alpha value is -2.40. The number of nitrogens with zero attached hydrogens (tertiary/aromatic N) is 2. The molecule has 0 saturated carbocycles. The second-order valence-electron chi connectivity index (χ2n) is 7.65. The van der Waals surface area contributed by atoms with Crippen LogP contribution in [0.4, 0.5) is 5.69 Å². The fraction of sp³-hybridized carbons (Fsp3) is 0.273. The molecule has 0 fully saturated rings.